The van der Waals surface area contributed by atoms with Crippen LogP contribution in [0.5, 0.6) is 5.75 Å². The van der Waals surface area contributed by atoms with Gasteiger partial charge < -0.3 is 25.3 Å². The van der Waals surface area contributed by atoms with Crippen molar-refractivity contribution < 1.29 is 10.2 Å². The summed E-state index contributed by atoms with van der Waals surface area (Å²) in [7, 11) is 0. The summed E-state index contributed by atoms with van der Waals surface area (Å²) in [6, 6.07) is 16.1. The third-order valence-corrected chi connectivity index (χ3v) is 6.27. The largest absolute Gasteiger partial charge is 0.506 e. The highest BCUT2D eigenvalue weighted by molar-refractivity contribution is 14.0. The summed E-state index contributed by atoms with van der Waals surface area (Å²) in [5, 5.41) is 24.2. The number of nitrogens with one attached hydrogen (secondary N) is 1. The first-order valence-corrected chi connectivity index (χ1v) is 11.7. The fraction of sp³-hybridized carbons (Fsp3) is 0.480. The Morgan fingerprint density at radius 3 is 2.42 bits per heavy atom. The van der Waals surface area contributed by atoms with Crippen LogP contribution in [0.1, 0.15) is 18.1 Å². The molecule has 180 valence electrons. The SMILES string of the molecule is CCNC(=NCC(O)CN1CCc2ccccc2C1)N1CCN(c2ccccc2O)CC1.I. The normalized spacial score (nSPS) is 17.8. The van der Waals surface area contributed by atoms with Crippen molar-refractivity contribution in [1.29, 1.82) is 0 Å². The molecule has 2 heterocycles. The quantitative estimate of drug-likeness (QED) is 0.284. The molecule has 1 saturated heterocycles. The highest BCUT2D eigenvalue weighted by Crippen LogP contribution is 2.27. The number of phenolic OH excluding ortho intramolecular Hbond substituents is 1. The molecule has 7 nitrogen and oxygen atoms in total. The molecule has 2 aromatic carbocycles. The number of hydrogen-bond donors (Lipinski definition) is 3. The lowest BCUT2D eigenvalue weighted by Gasteiger charge is -2.38. The number of nitrogens with zero attached hydrogens (tertiary/aromatic N) is 4. The fourth-order valence-corrected chi connectivity index (χ4v) is 4.57. The fourth-order valence-electron chi connectivity index (χ4n) is 4.57. The third-order valence-electron chi connectivity index (χ3n) is 6.27. The van der Waals surface area contributed by atoms with Crippen LogP contribution in [0.2, 0.25) is 0 Å². The Morgan fingerprint density at radius 2 is 1.70 bits per heavy atom. The van der Waals surface area contributed by atoms with Gasteiger partial charge in [-0.15, -0.1) is 24.0 Å². The zero-order valence-electron chi connectivity index (χ0n) is 19.4. The zero-order chi connectivity index (χ0) is 22.3. The average Bonchev–Trinajstić information content (AvgIpc) is 2.82. The molecule has 4 rings (SSSR count). The molecule has 2 aliphatic heterocycles. The average molecular weight is 566 g/mol. The van der Waals surface area contributed by atoms with Crippen molar-refractivity contribution in [3.8, 4) is 5.75 Å². The summed E-state index contributed by atoms with van der Waals surface area (Å²) in [5.41, 5.74) is 3.67. The van der Waals surface area contributed by atoms with E-state index in [-0.39, 0.29) is 24.0 Å². The maximum Gasteiger partial charge on any atom is 0.194 e. The van der Waals surface area contributed by atoms with Crippen LogP contribution in [0.3, 0.4) is 0 Å². The Labute approximate surface area is 214 Å². The zero-order valence-corrected chi connectivity index (χ0v) is 21.7. The Hall–Kier alpha value is -2.04. The number of β-amino-alcohol motifs (C(OH)–C–C–N with tert-alkyl or cyclic N) is 1. The minimum Gasteiger partial charge on any atom is -0.506 e. The van der Waals surface area contributed by atoms with Crippen LogP contribution in [0.25, 0.3) is 0 Å². The van der Waals surface area contributed by atoms with E-state index >= 15 is 0 Å². The summed E-state index contributed by atoms with van der Waals surface area (Å²) >= 11 is 0. The molecule has 8 heteroatoms. The molecular formula is C25H36IN5O2. The lowest BCUT2D eigenvalue weighted by Crippen LogP contribution is -2.52. The van der Waals surface area contributed by atoms with Gasteiger partial charge in [-0.05, 0) is 36.6 Å². The molecule has 1 fully saturated rings. The Morgan fingerprint density at radius 1 is 1.00 bits per heavy atom. The molecule has 0 aliphatic carbocycles. The van der Waals surface area contributed by atoms with E-state index in [0.717, 1.165) is 63.9 Å². The second-order valence-electron chi connectivity index (χ2n) is 8.57. The van der Waals surface area contributed by atoms with Gasteiger partial charge in [0, 0.05) is 52.4 Å². The predicted octanol–water partition coefficient (Wildman–Crippen LogP) is 2.52. The number of aliphatic hydroxyl groups excluding tert-OH is 1. The van der Waals surface area contributed by atoms with E-state index in [4.69, 9.17) is 4.99 Å². The minimum atomic E-state index is -0.489. The van der Waals surface area contributed by atoms with Crippen molar-refractivity contribution in [1.82, 2.24) is 15.1 Å². The monoisotopic (exact) mass is 565 g/mol. The number of anilines is 1. The van der Waals surface area contributed by atoms with Crippen LogP contribution in [-0.2, 0) is 13.0 Å². The summed E-state index contributed by atoms with van der Waals surface area (Å²) in [5.74, 6) is 1.18. The minimum absolute atomic E-state index is 0. The number of piperazine rings is 1. The number of aromatic hydroxyl groups is 1. The van der Waals surface area contributed by atoms with Crippen LogP contribution in [0.4, 0.5) is 5.69 Å². The molecule has 0 spiro atoms. The molecular weight excluding hydrogens is 529 g/mol. The van der Waals surface area contributed by atoms with Crippen molar-refractivity contribution in [3.63, 3.8) is 0 Å². The number of fused-ring (bicyclic) bond motifs is 1. The lowest BCUT2D eigenvalue weighted by molar-refractivity contribution is 0.111. The van der Waals surface area contributed by atoms with Gasteiger partial charge in [0.05, 0.1) is 18.3 Å². The summed E-state index contributed by atoms with van der Waals surface area (Å²) in [4.78, 5) is 11.5. The number of phenols is 1. The van der Waals surface area contributed by atoms with Crippen molar-refractivity contribution in [2.75, 3.05) is 57.3 Å². The molecule has 2 aliphatic rings. The molecule has 0 aromatic heterocycles. The number of halogens is 1. The molecule has 1 atom stereocenters. The molecule has 0 bridgehead atoms. The number of hydrogen-bond acceptors (Lipinski definition) is 5. The topological polar surface area (TPSA) is 74.6 Å². The van der Waals surface area contributed by atoms with E-state index in [9.17, 15) is 10.2 Å². The van der Waals surface area contributed by atoms with E-state index in [1.54, 1.807) is 6.07 Å². The van der Waals surface area contributed by atoms with Gasteiger partial charge in [0.1, 0.15) is 5.75 Å². The smallest absolute Gasteiger partial charge is 0.194 e. The van der Waals surface area contributed by atoms with E-state index in [2.05, 4.69) is 51.2 Å². The van der Waals surface area contributed by atoms with Gasteiger partial charge in [-0.25, -0.2) is 0 Å². The maximum atomic E-state index is 10.7. The van der Waals surface area contributed by atoms with Gasteiger partial charge in [-0.1, -0.05) is 36.4 Å². The number of para-hydroxylation sites is 2. The van der Waals surface area contributed by atoms with Crippen LogP contribution in [-0.4, -0.2) is 84.4 Å². The highest BCUT2D eigenvalue weighted by Gasteiger charge is 2.22. The number of aliphatic hydroxyl groups is 1. The molecule has 0 radical (unpaired) electrons. The molecule has 3 N–H and O–H groups in total. The van der Waals surface area contributed by atoms with Gasteiger partial charge in [0.2, 0.25) is 0 Å². The third kappa shape index (κ3) is 6.74. The van der Waals surface area contributed by atoms with Gasteiger partial charge in [-0.2, -0.15) is 0 Å². The highest BCUT2D eigenvalue weighted by atomic mass is 127. The van der Waals surface area contributed by atoms with Gasteiger partial charge in [0.25, 0.3) is 0 Å². The van der Waals surface area contributed by atoms with Crippen LogP contribution < -0.4 is 10.2 Å². The second-order valence-corrected chi connectivity index (χ2v) is 8.57. The number of benzene rings is 2. The molecule has 0 saturated carbocycles. The summed E-state index contributed by atoms with van der Waals surface area (Å²) in [6.07, 6.45) is 0.548. The first-order chi connectivity index (χ1) is 15.6. The van der Waals surface area contributed by atoms with Crippen molar-refractivity contribution >= 4 is 35.6 Å². The number of guanidine groups is 1. The Bertz CT molecular complexity index is 917. The first kappa shape index (κ1) is 25.6. The first-order valence-electron chi connectivity index (χ1n) is 11.7. The van der Waals surface area contributed by atoms with Gasteiger partial charge in [0.15, 0.2) is 5.96 Å². The number of rotatable bonds is 6. The van der Waals surface area contributed by atoms with Crippen molar-refractivity contribution in [3.05, 3.63) is 59.7 Å². The van der Waals surface area contributed by atoms with Crippen LogP contribution in [0, 0.1) is 0 Å². The van der Waals surface area contributed by atoms with E-state index in [1.807, 2.05) is 18.2 Å². The van der Waals surface area contributed by atoms with Crippen molar-refractivity contribution in [2.45, 2.75) is 26.0 Å². The van der Waals surface area contributed by atoms with E-state index in [1.165, 1.54) is 11.1 Å². The molecule has 1 unspecified atom stereocenters. The second kappa shape index (κ2) is 12.4. The number of aliphatic imine (C=N–C) groups is 1. The van der Waals surface area contributed by atoms with Crippen LogP contribution >= 0.6 is 24.0 Å². The van der Waals surface area contributed by atoms with Gasteiger partial charge in [-0.3, -0.25) is 9.89 Å². The van der Waals surface area contributed by atoms with Crippen molar-refractivity contribution in [2.24, 2.45) is 4.99 Å². The van der Waals surface area contributed by atoms with Crippen LogP contribution in [0.15, 0.2) is 53.5 Å². The summed E-state index contributed by atoms with van der Waals surface area (Å²) in [6.45, 7) is 9.02. The molecule has 33 heavy (non-hydrogen) atoms. The van der Waals surface area contributed by atoms with E-state index < -0.39 is 6.10 Å². The lowest BCUT2D eigenvalue weighted by atomic mass is 10.00. The predicted molar refractivity (Wildman–Crippen MR) is 145 cm³/mol. The van der Waals surface area contributed by atoms with Gasteiger partial charge >= 0.3 is 0 Å². The standard InChI is InChI=1S/C25H35N5O2.HI/c1-2-26-25(30-15-13-29(14-16-30)23-9-5-6-10-24(23)32)27-17-22(31)19-28-12-11-20-7-3-4-8-21(20)18-28;/h3-10,22,31-32H,2,11-19H2,1H3,(H,26,27);1H. The Kier molecular flexibility index (Phi) is 9.64. The molecule has 0 amide bonds. The van der Waals surface area contributed by atoms with E-state index in [0.29, 0.717) is 18.8 Å². The molecule has 2 aromatic rings. The summed E-state index contributed by atoms with van der Waals surface area (Å²) < 4.78 is 0. The Balaban J connectivity index is 0.00000306. The maximum absolute atomic E-state index is 10.7.